The molecule has 0 unspecified atom stereocenters. The topological polar surface area (TPSA) is 72.9 Å². The number of aryl methyl sites for hydroxylation is 1. The van der Waals surface area contributed by atoms with Gasteiger partial charge < -0.3 is 0 Å². The van der Waals surface area contributed by atoms with Crippen LogP contribution in [0.3, 0.4) is 0 Å². The van der Waals surface area contributed by atoms with Crippen LogP contribution >= 0.6 is 15.9 Å². The van der Waals surface area contributed by atoms with E-state index in [1.54, 1.807) is 13.1 Å². The van der Waals surface area contributed by atoms with E-state index in [0.29, 0.717) is 10.3 Å². The van der Waals surface area contributed by atoms with Crippen molar-refractivity contribution in [3.63, 3.8) is 0 Å². The molecule has 0 atom stereocenters. The van der Waals surface area contributed by atoms with Gasteiger partial charge in [-0.2, -0.15) is 5.10 Å². The predicted octanol–water partition coefficient (Wildman–Crippen LogP) is -0.214. The molecule has 0 radical (unpaired) electrons. The number of halogens is 1. The first-order valence-electron chi connectivity index (χ1n) is 2.85. The Kier molecular flexibility index (Phi) is 2.25. The van der Waals surface area contributed by atoms with E-state index in [2.05, 4.69) is 21.0 Å². The lowest BCUT2D eigenvalue weighted by atomic mass is 10.4. The van der Waals surface area contributed by atoms with Crippen LogP contribution in [-0.2, 0) is 7.05 Å². The zero-order valence-electron chi connectivity index (χ0n) is 5.84. The van der Waals surface area contributed by atoms with Crippen LogP contribution in [0.5, 0.6) is 0 Å². The maximum atomic E-state index is 10.9. The Morgan fingerprint density at radius 3 is 2.91 bits per heavy atom. The first kappa shape index (κ1) is 8.22. The van der Waals surface area contributed by atoms with Crippen LogP contribution in [0.4, 0.5) is 0 Å². The van der Waals surface area contributed by atoms with Crippen molar-refractivity contribution in [2.24, 2.45) is 12.9 Å². The summed E-state index contributed by atoms with van der Waals surface area (Å²) >= 11 is 3.13. The van der Waals surface area contributed by atoms with E-state index in [0.717, 1.165) is 0 Å². The third kappa shape index (κ3) is 1.58. The van der Waals surface area contributed by atoms with Gasteiger partial charge in [0.15, 0.2) is 0 Å². The number of hydrogen-bond donors (Lipinski definition) is 2. The summed E-state index contributed by atoms with van der Waals surface area (Å²) in [4.78, 5) is 10.9. The molecule has 5 nitrogen and oxygen atoms in total. The van der Waals surface area contributed by atoms with Gasteiger partial charge in [0.25, 0.3) is 5.91 Å². The molecule has 0 aliphatic carbocycles. The van der Waals surface area contributed by atoms with Crippen molar-refractivity contribution in [2.75, 3.05) is 0 Å². The van der Waals surface area contributed by atoms with Crippen molar-refractivity contribution in [1.82, 2.24) is 15.2 Å². The fourth-order valence-corrected chi connectivity index (χ4v) is 1.17. The normalized spacial score (nSPS) is 9.73. The summed E-state index contributed by atoms with van der Waals surface area (Å²) < 4.78 is 2.05. The number of aromatic nitrogens is 2. The minimum absolute atomic E-state index is 0.356. The fraction of sp³-hybridized carbons (Fsp3) is 0.200. The standard InChI is InChI=1S/C5H7BrN4O/c1-10-3(5(11)8-7)2-4(6)9-10/h2H,7H2,1H3,(H,8,11). The summed E-state index contributed by atoms with van der Waals surface area (Å²) in [5.41, 5.74) is 2.43. The maximum absolute atomic E-state index is 10.9. The summed E-state index contributed by atoms with van der Waals surface area (Å²) in [7, 11) is 1.66. The van der Waals surface area contributed by atoms with Gasteiger partial charge in [0.1, 0.15) is 10.3 Å². The Hall–Kier alpha value is -0.880. The zero-order valence-corrected chi connectivity index (χ0v) is 7.42. The minimum Gasteiger partial charge on any atom is -0.289 e. The molecule has 60 valence electrons. The number of hydrazine groups is 1. The monoisotopic (exact) mass is 218 g/mol. The summed E-state index contributed by atoms with van der Waals surface area (Å²) in [6, 6.07) is 1.59. The molecule has 3 N–H and O–H groups in total. The number of carbonyl (C=O) groups is 1. The number of amides is 1. The molecule has 0 fully saturated rings. The highest BCUT2D eigenvalue weighted by atomic mass is 79.9. The molecule has 0 bridgehead atoms. The minimum atomic E-state index is -0.356. The number of nitrogens with zero attached hydrogens (tertiary/aromatic N) is 2. The first-order valence-corrected chi connectivity index (χ1v) is 3.65. The first-order chi connectivity index (χ1) is 5.15. The van der Waals surface area contributed by atoms with E-state index < -0.39 is 0 Å². The average Bonchev–Trinajstić information content (AvgIpc) is 2.28. The highest BCUT2D eigenvalue weighted by Gasteiger charge is 2.09. The van der Waals surface area contributed by atoms with E-state index in [1.165, 1.54) is 4.68 Å². The number of rotatable bonds is 1. The van der Waals surface area contributed by atoms with E-state index in [9.17, 15) is 4.79 Å². The van der Waals surface area contributed by atoms with Crippen molar-refractivity contribution in [2.45, 2.75) is 0 Å². The summed E-state index contributed by atoms with van der Waals surface area (Å²) in [5, 5.41) is 3.90. The fourth-order valence-electron chi connectivity index (χ4n) is 0.719. The summed E-state index contributed by atoms with van der Waals surface area (Å²) in [5.74, 6) is 4.57. The quantitative estimate of drug-likeness (QED) is 0.389. The smallest absolute Gasteiger partial charge is 0.283 e. The van der Waals surface area contributed by atoms with Gasteiger partial charge in [0.05, 0.1) is 0 Å². The van der Waals surface area contributed by atoms with Crippen LogP contribution in [0.15, 0.2) is 10.7 Å². The molecule has 6 heteroatoms. The number of nitrogens with one attached hydrogen (secondary N) is 1. The van der Waals surface area contributed by atoms with Crippen molar-refractivity contribution >= 4 is 21.8 Å². The number of carbonyl (C=O) groups excluding carboxylic acids is 1. The molecule has 1 heterocycles. The Morgan fingerprint density at radius 2 is 2.55 bits per heavy atom. The third-order valence-electron chi connectivity index (χ3n) is 1.21. The molecule has 0 aliphatic heterocycles. The molecular formula is C5H7BrN4O. The number of hydrogen-bond acceptors (Lipinski definition) is 3. The molecule has 0 spiro atoms. The van der Waals surface area contributed by atoms with E-state index in [4.69, 9.17) is 5.84 Å². The Bertz CT molecular complexity index is 282. The maximum Gasteiger partial charge on any atom is 0.283 e. The molecule has 1 amide bonds. The average molecular weight is 219 g/mol. The van der Waals surface area contributed by atoms with Crippen LogP contribution in [0.2, 0.25) is 0 Å². The highest BCUT2D eigenvalue weighted by Crippen LogP contribution is 2.08. The second-order valence-electron chi connectivity index (χ2n) is 1.95. The second kappa shape index (κ2) is 3.02. The van der Waals surface area contributed by atoms with Gasteiger partial charge >= 0.3 is 0 Å². The van der Waals surface area contributed by atoms with Crippen molar-refractivity contribution < 1.29 is 4.79 Å². The van der Waals surface area contributed by atoms with Crippen LogP contribution in [0.25, 0.3) is 0 Å². The number of nitrogen functional groups attached to an aromatic ring is 1. The van der Waals surface area contributed by atoms with Gasteiger partial charge in [-0.25, -0.2) is 5.84 Å². The van der Waals surface area contributed by atoms with Crippen molar-refractivity contribution in [3.8, 4) is 0 Å². The summed E-state index contributed by atoms with van der Waals surface area (Å²) in [6.45, 7) is 0. The molecule has 0 aliphatic rings. The lowest BCUT2D eigenvalue weighted by Gasteiger charge is -1.97. The molecule has 0 saturated carbocycles. The lowest BCUT2D eigenvalue weighted by Crippen LogP contribution is -2.31. The zero-order chi connectivity index (χ0) is 8.43. The van der Waals surface area contributed by atoms with Gasteiger partial charge in [-0.05, 0) is 15.9 Å². The molecule has 0 aromatic carbocycles. The van der Waals surface area contributed by atoms with Crippen molar-refractivity contribution in [1.29, 1.82) is 0 Å². The van der Waals surface area contributed by atoms with E-state index in [1.807, 2.05) is 5.43 Å². The van der Waals surface area contributed by atoms with Gasteiger partial charge in [-0.3, -0.25) is 14.9 Å². The van der Waals surface area contributed by atoms with Crippen LogP contribution in [0.1, 0.15) is 10.5 Å². The molecule has 1 rings (SSSR count). The molecule has 0 saturated heterocycles. The molecule has 11 heavy (non-hydrogen) atoms. The van der Waals surface area contributed by atoms with Crippen LogP contribution in [-0.4, -0.2) is 15.7 Å². The molecule has 1 aromatic rings. The van der Waals surface area contributed by atoms with Gasteiger partial charge in [0.2, 0.25) is 0 Å². The molecule has 1 aromatic heterocycles. The Balaban J connectivity index is 3.03. The number of nitrogens with two attached hydrogens (primary N) is 1. The van der Waals surface area contributed by atoms with E-state index in [-0.39, 0.29) is 5.91 Å². The SMILES string of the molecule is Cn1nc(Br)cc1C(=O)NN. The highest BCUT2D eigenvalue weighted by molar-refractivity contribution is 9.10. The second-order valence-corrected chi connectivity index (χ2v) is 2.76. The van der Waals surface area contributed by atoms with Gasteiger partial charge in [-0.15, -0.1) is 0 Å². The largest absolute Gasteiger partial charge is 0.289 e. The summed E-state index contributed by atoms with van der Waals surface area (Å²) in [6.07, 6.45) is 0. The van der Waals surface area contributed by atoms with Crippen LogP contribution < -0.4 is 11.3 Å². The van der Waals surface area contributed by atoms with Crippen LogP contribution in [0, 0.1) is 0 Å². The van der Waals surface area contributed by atoms with Gasteiger partial charge in [-0.1, -0.05) is 0 Å². The van der Waals surface area contributed by atoms with E-state index >= 15 is 0 Å². The van der Waals surface area contributed by atoms with Gasteiger partial charge in [0, 0.05) is 13.1 Å². The molecular weight excluding hydrogens is 212 g/mol. The predicted molar refractivity (Wildman–Crippen MR) is 42.6 cm³/mol. The third-order valence-corrected chi connectivity index (χ3v) is 1.60. The lowest BCUT2D eigenvalue weighted by molar-refractivity contribution is 0.0944. The van der Waals surface area contributed by atoms with Crippen molar-refractivity contribution in [3.05, 3.63) is 16.4 Å². The Morgan fingerprint density at radius 1 is 1.91 bits per heavy atom. The Labute approximate surface area is 71.7 Å².